The van der Waals surface area contributed by atoms with E-state index in [-0.39, 0.29) is 18.5 Å². The number of hydrogen-bond acceptors (Lipinski definition) is 3. The Morgan fingerprint density at radius 3 is 3.05 bits per heavy atom. The van der Waals surface area contributed by atoms with E-state index in [2.05, 4.69) is 15.9 Å². The van der Waals surface area contributed by atoms with Crippen LogP contribution in [0.25, 0.3) is 0 Å². The van der Waals surface area contributed by atoms with Gasteiger partial charge in [0.25, 0.3) is 0 Å². The van der Waals surface area contributed by atoms with Gasteiger partial charge in [0.2, 0.25) is 0 Å². The molecule has 1 saturated heterocycles. The van der Waals surface area contributed by atoms with E-state index in [1.54, 1.807) is 17.0 Å². The molecule has 0 radical (unpaired) electrons. The van der Waals surface area contributed by atoms with E-state index in [9.17, 15) is 14.3 Å². The molecule has 19 heavy (non-hydrogen) atoms. The van der Waals surface area contributed by atoms with Crippen molar-refractivity contribution in [2.45, 2.75) is 19.0 Å². The van der Waals surface area contributed by atoms with Gasteiger partial charge in [-0.3, -0.25) is 9.69 Å². The molecule has 1 aliphatic heterocycles. The fraction of sp³-hybridized carbons (Fsp3) is 0.462. The van der Waals surface area contributed by atoms with Crippen LogP contribution in [-0.2, 0) is 9.53 Å². The molecule has 0 spiro atoms. The number of rotatable bonds is 3. The summed E-state index contributed by atoms with van der Waals surface area (Å²) in [6.45, 7) is 2.88. The van der Waals surface area contributed by atoms with Gasteiger partial charge < -0.3 is 9.84 Å². The lowest BCUT2D eigenvalue weighted by molar-refractivity contribution is -0.151. The molecule has 6 heteroatoms. The summed E-state index contributed by atoms with van der Waals surface area (Å²) >= 11 is 3.31. The number of nitrogens with zero attached hydrogens (tertiary/aromatic N) is 1. The van der Waals surface area contributed by atoms with Crippen LogP contribution in [0.3, 0.4) is 0 Å². The van der Waals surface area contributed by atoms with Crippen LogP contribution in [0, 0.1) is 5.82 Å². The maximum absolute atomic E-state index is 13.9. The van der Waals surface area contributed by atoms with Crippen molar-refractivity contribution >= 4 is 21.9 Å². The third kappa shape index (κ3) is 3.13. The molecule has 0 amide bonds. The zero-order chi connectivity index (χ0) is 14.0. The van der Waals surface area contributed by atoms with E-state index in [0.29, 0.717) is 18.7 Å². The molecule has 0 aromatic heterocycles. The minimum absolute atomic E-state index is 0.134. The third-order valence-electron chi connectivity index (χ3n) is 3.36. The summed E-state index contributed by atoms with van der Waals surface area (Å²) in [7, 11) is 0. The zero-order valence-corrected chi connectivity index (χ0v) is 12.1. The Morgan fingerprint density at radius 2 is 2.37 bits per heavy atom. The summed E-state index contributed by atoms with van der Waals surface area (Å²) < 4.78 is 19.8. The highest BCUT2D eigenvalue weighted by atomic mass is 79.9. The van der Waals surface area contributed by atoms with E-state index >= 15 is 0 Å². The number of halogens is 2. The van der Waals surface area contributed by atoms with Gasteiger partial charge in [-0.1, -0.05) is 15.9 Å². The van der Waals surface area contributed by atoms with Gasteiger partial charge in [-0.25, -0.2) is 4.39 Å². The minimum Gasteiger partial charge on any atom is -0.480 e. The normalized spacial score (nSPS) is 22.2. The van der Waals surface area contributed by atoms with Crippen molar-refractivity contribution in [2.24, 2.45) is 0 Å². The lowest BCUT2D eigenvalue weighted by Gasteiger charge is -2.37. The molecule has 0 bridgehead atoms. The molecule has 0 aliphatic carbocycles. The van der Waals surface area contributed by atoms with Crippen molar-refractivity contribution in [2.75, 3.05) is 19.8 Å². The number of carbonyl (C=O) groups is 1. The molecule has 1 aromatic carbocycles. The molecule has 0 saturated carbocycles. The monoisotopic (exact) mass is 331 g/mol. The summed E-state index contributed by atoms with van der Waals surface area (Å²) in [6, 6.07) is 3.64. The highest BCUT2D eigenvalue weighted by Gasteiger charge is 2.33. The maximum atomic E-state index is 13.9. The van der Waals surface area contributed by atoms with Crippen LogP contribution in [-0.4, -0.2) is 41.8 Å². The van der Waals surface area contributed by atoms with E-state index < -0.39 is 12.0 Å². The van der Waals surface area contributed by atoms with Gasteiger partial charge >= 0.3 is 5.97 Å². The third-order valence-corrected chi connectivity index (χ3v) is 3.85. The molecule has 2 rings (SSSR count). The first-order valence-electron chi connectivity index (χ1n) is 6.02. The summed E-state index contributed by atoms with van der Waals surface area (Å²) in [6.07, 6.45) is 0. The predicted octanol–water partition coefficient (Wildman–Crippen LogP) is 2.43. The summed E-state index contributed by atoms with van der Waals surface area (Å²) in [5.74, 6) is -1.27. The van der Waals surface area contributed by atoms with E-state index in [0.717, 1.165) is 4.47 Å². The minimum atomic E-state index is -0.943. The number of carboxylic acids is 1. The van der Waals surface area contributed by atoms with Gasteiger partial charge in [-0.2, -0.15) is 0 Å². The Kier molecular flexibility index (Phi) is 4.54. The number of ether oxygens (including phenoxy) is 1. The van der Waals surface area contributed by atoms with Crippen molar-refractivity contribution in [3.63, 3.8) is 0 Å². The van der Waals surface area contributed by atoms with E-state index in [4.69, 9.17) is 4.74 Å². The SMILES string of the molecule is CC(c1cc(Br)ccc1F)N1CCOCC1C(=O)O. The summed E-state index contributed by atoms with van der Waals surface area (Å²) in [4.78, 5) is 13.0. The average molecular weight is 332 g/mol. The Bertz CT molecular complexity index is 483. The Hall–Kier alpha value is -0.980. The van der Waals surface area contributed by atoms with Gasteiger partial charge in [-0.05, 0) is 25.1 Å². The first-order valence-corrected chi connectivity index (χ1v) is 6.81. The number of carboxylic acid groups (broad SMARTS) is 1. The maximum Gasteiger partial charge on any atom is 0.323 e. The Morgan fingerprint density at radius 1 is 1.63 bits per heavy atom. The van der Waals surface area contributed by atoms with Gasteiger partial charge in [0.1, 0.15) is 11.9 Å². The van der Waals surface area contributed by atoms with Crippen molar-refractivity contribution in [3.8, 4) is 0 Å². The highest BCUT2D eigenvalue weighted by Crippen LogP contribution is 2.28. The molecule has 1 aliphatic rings. The van der Waals surface area contributed by atoms with Crippen molar-refractivity contribution in [3.05, 3.63) is 34.1 Å². The second-order valence-corrected chi connectivity index (χ2v) is 5.42. The molecule has 2 atom stereocenters. The van der Waals surface area contributed by atoms with Crippen molar-refractivity contribution < 1.29 is 19.0 Å². The van der Waals surface area contributed by atoms with Crippen LogP contribution in [0.2, 0.25) is 0 Å². The summed E-state index contributed by atoms with van der Waals surface area (Å²) in [5.41, 5.74) is 0.488. The fourth-order valence-corrected chi connectivity index (χ4v) is 2.69. The van der Waals surface area contributed by atoms with Gasteiger partial charge in [0, 0.05) is 22.6 Å². The first kappa shape index (κ1) is 14.4. The smallest absolute Gasteiger partial charge is 0.323 e. The predicted molar refractivity (Wildman–Crippen MR) is 71.5 cm³/mol. The molecular formula is C13H15BrFNO3. The highest BCUT2D eigenvalue weighted by molar-refractivity contribution is 9.10. The molecule has 4 nitrogen and oxygen atoms in total. The number of hydrogen-bond donors (Lipinski definition) is 1. The van der Waals surface area contributed by atoms with E-state index in [1.807, 2.05) is 6.92 Å². The number of aliphatic carboxylic acids is 1. The second kappa shape index (κ2) is 5.98. The summed E-state index contributed by atoms with van der Waals surface area (Å²) in [5, 5.41) is 9.20. The average Bonchev–Trinajstić information content (AvgIpc) is 2.40. The largest absolute Gasteiger partial charge is 0.480 e. The lowest BCUT2D eigenvalue weighted by atomic mass is 10.0. The molecular weight excluding hydrogens is 317 g/mol. The van der Waals surface area contributed by atoms with Gasteiger partial charge in [-0.15, -0.1) is 0 Å². The molecule has 1 heterocycles. The molecule has 1 aromatic rings. The van der Waals surface area contributed by atoms with Crippen LogP contribution in [0.4, 0.5) is 4.39 Å². The van der Waals surface area contributed by atoms with Crippen LogP contribution in [0.5, 0.6) is 0 Å². The zero-order valence-electron chi connectivity index (χ0n) is 10.5. The second-order valence-electron chi connectivity index (χ2n) is 4.51. The van der Waals surface area contributed by atoms with Crippen molar-refractivity contribution in [1.82, 2.24) is 4.90 Å². The Labute approximate surface area is 119 Å². The molecule has 1 N–H and O–H groups in total. The lowest BCUT2D eigenvalue weighted by Crippen LogP contribution is -2.50. The number of benzene rings is 1. The Balaban J connectivity index is 2.28. The fourth-order valence-electron chi connectivity index (χ4n) is 2.31. The number of morpholine rings is 1. The van der Waals surface area contributed by atoms with Crippen LogP contribution >= 0.6 is 15.9 Å². The van der Waals surface area contributed by atoms with Crippen molar-refractivity contribution in [1.29, 1.82) is 0 Å². The molecule has 104 valence electrons. The van der Waals surface area contributed by atoms with Gasteiger partial charge in [0.15, 0.2) is 0 Å². The van der Waals surface area contributed by atoms with Crippen LogP contribution < -0.4 is 0 Å². The van der Waals surface area contributed by atoms with Crippen LogP contribution in [0.1, 0.15) is 18.5 Å². The first-order chi connectivity index (χ1) is 9.00. The molecule has 1 fully saturated rings. The molecule has 2 unspecified atom stereocenters. The standard InChI is InChI=1S/C13H15BrFNO3/c1-8(10-6-9(14)2-3-11(10)15)16-4-5-19-7-12(16)13(17)18/h2-3,6,8,12H,4-5,7H2,1H3,(H,17,18). The van der Waals surface area contributed by atoms with Crippen LogP contribution in [0.15, 0.2) is 22.7 Å². The topological polar surface area (TPSA) is 49.8 Å². The quantitative estimate of drug-likeness (QED) is 0.924. The van der Waals surface area contributed by atoms with Gasteiger partial charge in [0.05, 0.1) is 13.2 Å². The van der Waals surface area contributed by atoms with E-state index in [1.165, 1.54) is 6.07 Å².